The van der Waals surface area contributed by atoms with Crippen molar-refractivity contribution >= 4 is 57.6 Å². The number of rotatable bonds is 6. The smallest absolute Gasteiger partial charge is 0.236 e. The summed E-state index contributed by atoms with van der Waals surface area (Å²) < 4.78 is 0. The van der Waals surface area contributed by atoms with E-state index in [-0.39, 0.29) is 28.9 Å². The Hall–Kier alpha value is -1.39. The van der Waals surface area contributed by atoms with Crippen molar-refractivity contribution in [2.75, 3.05) is 16.8 Å². The van der Waals surface area contributed by atoms with Gasteiger partial charge in [0.1, 0.15) is 16.2 Å². The van der Waals surface area contributed by atoms with Crippen molar-refractivity contribution in [1.82, 2.24) is 15.5 Å². The average molecular weight is 396 g/mol. The topological polar surface area (TPSA) is 96.3 Å². The highest BCUT2D eigenvalue weighted by Crippen LogP contribution is 2.42. The maximum absolute atomic E-state index is 12.1. The molecule has 2 N–H and O–H groups in total. The number of amides is 2. The Morgan fingerprint density at radius 2 is 2.28 bits per heavy atom. The zero-order chi connectivity index (χ0) is 17.4. The fourth-order valence-electron chi connectivity index (χ4n) is 2.61. The van der Waals surface area contributed by atoms with Gasteiger partial charge in [-0.25, -0.2) is 0 Å². The highest BCUT2D eigenvalue weighted by Gasteiger charge is 2.36. The number of carbonyl (C=O) groups excluding carboxylic acids is 2. The monoisotopic (exact) mass is 395 g/mol. The number of anilines is 1. The number of allylic oxidation sites excluding steroid dienone is 1. The van der Waals surface area contributed by atoms with E-state index in [4.69, 9.17) is 0 Å². The van der Waals surface area contributed by atoms with E-state index < -0.39 is 0 Å². The molecule has 2 amide bonds. The first-order valence-corrected chi connectivity index (χ1v) is 10.9. The summed E-state index contributed by atoms with van der Waals surface area (Å²) in [5, 5.41) is 15.2. The van der Waals surface area contributed by atoms with Crippen LogP contribution in [0.3, 0.4) is 0 Å². The van der Waals surface area contributed by atoms with Crippen molar-refractivity contribution in [3.63, 3.8) is 0 Å². The van der Waals surface area contributed by atoms with Gasteiger partial charge in [0.05, 0.1) is 17.4 Å². The van der Waals surface area contributed by atoms with Crippen molar-refractivity contribution in [1.29, 1.82) is 0 Å². The van der Waals surface area contributed by atoms with Crippen LogP contribution in [0.4, 0.5) is 5.13 Å². The van der Waals surface area contributed by atoms with Crippen LogP contribution in [-0.4, -0.2) is 44.7 Å². The molecule has 25 heavy (non-hydrogen) atoms. The summed E-state index contributed by atoms with van der Waals surface area (Å²) in [6, 6.07) is 0. The van der Waals surface area contributed by atoms with Crippen molar-refractivity contribution in [2.24, 2.45) is 10.9 Å². The summed E-state index contributed by atoms with van der Waals surface area (Å²) in [5.74, 6) is 1.69. The second kappa shape index (κ2) is 7.08. The Balaban J connectivity index is 1.24. The predicted octanol–water partition coefficient (Wildman–Crippen LogP) is 2.21. The van der Waals surface area contributed by atoms with Gasteiger partial charge in [0.15, 0.2) is 0 Å². The molecule has 7 nitrogen and oxygen atoms in total. The van der Waals surface area contributed by atoms with Crippen LogP contribution in [-0.2, 0) is 9.59 Å². The lowest BCUT2D eigenvalue weighted by Gasteiger charge is -2.22. The third kappa shape index (κ3) is 4.06. The quantitative estimate of drug-likeness (QED) is 0.767. The van der Waals surface area contributed by atoms with E-state index in [0.29, 0.717) is 22.6 Å². The zero-order valence-corrected chi connectivity index (χ0v) is 16.0. The molecule has 2 aliphatic heterocycles. The second-order valence-electron chi connectivity index (χ2n) is 6.14. The Labute approximate surface area is 157 Å². The van der Waals surface area contributed by atoms with E-state index in [2.05, 4.69) is 25.8 Å². The first-order valence-electron chi connectivity index (χ1n) is 8.02. The molecule has 3 aliphatic rings. The number of carbonyl (C=O) groups is 2. The summed E-state index contributed by atoms with van der Waals surface area (Å²) >= 11 is 4.49. The fraction of sp³-hybridized carbons (Fsp3) is 0.533. The van der Waals surface area contributed by atoms with Gasteiger partial charge in [-0.1, -0.05) is 17.4 Å². The molecule has 1 fully saturated rings. The van der Waals surface area contributed by atoms with E-state index in [1.54, 1.807) is 11.8 Å². The van der Waals surface area contributed by atoms with Crippen molar-refractivity contribution < 1.29 is 9.59 Å². The minimum Gasteiger partial charge on any atom is -0.313 e. The SMILES string of the molecule is CC1=CC2C(=O)NC(CSCC(=O)Nc3nnc(C4CC4)s3)=NC2S1. The molecule has 132 valence electrons. The number of fused-ring (bicyclic) bond motifs is 1. The third-order valence-corrected chi connectivity index (χ3v) is 7.06. The Morgan fingerprint density at radius 1 is 1.44 bits per heavy atom. The van der Waals surface area contributed by atoms with Crippen LogP contribution >= 0.6 is 34.9 Å². The average Bonchev–Trinajstić information content (AvgIpc) is 3.19. The highest BCUT2D eigenvalue weighted by molar-refractivity contribution is 8.04. The van der Waals surface area contributed by atoms with Crippen LogP contribution in [0, 0.1) is 5.92 Å². The molecular weight excluding hydrogens is 378 g/mol. The lowest BCUT2D eigenvalue weighted by Crippen LogP contribution is -2.44. The van der Waals surface area contributed by atoms with Crippen LogP contribution in [0.2, 0.25) is 0 Å². The summed E-state index contributed by atoms with van der Waals surface area (Å²) in [4.78, 5) is 29.8. The number of amidine groups is 1. The first-order chi connectivity index (χ1) is 12.1. The molecule has 4 rings (SSSR count). The fourth-order valence-corrected chi connectivity index (χ4v) is 5.37. The minimum atomic E-state index is -0.167. The molecule has 0 saturated heterocycles. The van der Waals surface area contributed by atoms with Gasteiger partial charge in [0.25, 0.3) is 0 Å². The number of nitrogens with one attached hydrogen (secondary N) is 2. The molecule has 10 heteroatoms. The van der Waals surface area contributed by atoms with Gasteiger partial charge in [-0.15, -0.1) is 33.7 Å². The van der Waals surface area contributed by atoms with Crippen LogP contribution in [0.1, 0.15) is 30.7 Å². The van der Waals surface area contributed by atoms with Gasteiger partial charge in [-0.2, -0.15) is 0 Å². The summed E-state index contributed by atoms with van der Waals surface area (Å²) in [5.41, 5.74) is 0. The number of thioether (sulfide) groups is 2. The number of aromatic nitrogens is 2. The van der Waals surface area contributed by atoms with Crippen LogP contribution in [0.5, 0.6) is 0 Å². The molecule has 1 aliphatic carbocycles. The molecule has 1 aromatic heterocycles. The van der Waals surface area contributed by atoms with E-state index in [0.717, 1.165) is 9.91 Å². The van der Waals surface area contributed by atoms with Crippen LogP contribution in [0.15, 0.2) is 16.0 Å². The molecule has 0 aromatic carbocycles. The highest BCUT2D eigenvalue weighted by atomic mass is 32.2. The molecular formula is C15H17N5O2S3. The first kappa shape index (κ1) is 17.0. The normalized spacial score (nSPS) is 25.1. The van der Waals surface area contributed by atoms with E-state index >= 15 is 0 Å². The number of hydrogen-bond acceptors (Lipinski definition) is 8. The minimum absolute atomic E-state index is 0.00846. The van der Waals surface area contributed by atoms with Gasteiger partial charge in [0.2, 0.25) is 16.9 Å². The molecule has 0 spiro atoms. The van der Waals surface area contributed by atoms with Gasteiger partial charge in [-0.05, 0) is 24.7 Å². The number of nitrogens with zero attached hydrogens (tertiary/aromatic N) is 3. The largest absolute Gasteiger partial charge is 0.313 e. The van der Waals surface area contributed by atoms with Crippen molar-refractivity contribution in [2.45, 2.75) is 31.1 Å². The Bertz CT molecular complexity index is 771. The maximum atomic E-state index is 12.1. The zero-order valence-electron chi connectivity index (χ0n) is 13.5. The van der Waals surface area contributed by atoms with Gasteiger partial charge >= 0.3 is 0 Å². The third-order valence-electron chi connectivity index (χ3n) is 3.97. The molecule has 1 saturated carbocycles. The molecule has 1 aromatic rings. The van der Waals surface area contributed by atoms with Crippen molar-refractivity contribution in [3.8, 4) is 0 Å². The van der Waals surface area contributed by atoms with Gasteiger partial charge < -0.3 is 5.32 Å². The molecule has 2 unspecified atom stereocenters. The molecule has 0 bridgehead atoms. The summed E-state index contributed by atoms with van der Waals surface area (Å²) in [6.07, 6.45) is 4.30. The van der Waals surface area contributed by atoms with E-state index in [9.17, 15) is 9.59 Å². The van der Waals surface area contributed by atoms with Crippen LogP contribution in [0.25, 0.3) is 0 Å². The molecule has 2 atom stereocenters. The second-order valence-corrected chi connectivity index (χ2v) is 9.49. The van der Waals surface area contributed by atoms with Gasteiger partial charge in [-0.3, -0.25) is 19.9 Å². The lowest BCUT2D eigenvalue weighted by atomic mass is 10.1. The standard InChI is InChI=1S/C15H17N5O2S3/c1-7-4-9-12(22)16-10(17-14(9)24-7)5-23-6-11(21)18-15-20-19-13(25-15)8-2-3-8/h4,8-9,14H,2-3,5-6H2,1H3,(H,16,17,22)(H,18,20,21). The number of hydrogen-bond donors (Lipinski definition) is 2. The van der Waals surface area contributed by atoms with Gasteiger partial charge in [0, 0.05) is 5.92 Å². The maximum Gasteiger partial charge on any atom is 0.236 e. The molecule has 3 heterocycles. The number of aliphatic imine (C=N–C) groups is 1. The predicted molar refractivity (Wildman–Crippen MR) is 102 cm³/mol. The van der Waals surface area contributed by atoms with Crippen LogP contribution < -0.4 is 10.6 Å². The van der Waals surface area contributed by atoms with Crippen molar-refractivity contribution in [3.05, 3.63) is 16.0 Å². The lowest BCUT2D eigenvalue weighted by molar-refractivity contribution is -0.122. The summed E-state index contributed by atoms with van der Waals surface area (Å²) in [6.45, 7) is 1.99. The Morgan fingerprint density at radius 3 is 3.08 bits per heavy atom. The Kier molecular flexibility index (Phi) is 4.83. The van der Waals surface area contributed by atoms with E-state index in [1.807, 2.05) is 13.0 Å². The van der Waals surface area contributed by atoms with E-state index in [1.165, 1.54) is 35.9 Å². The molecule has 0 radical (unpaired) electrons. The summed E-state index contributed by atoms with van der Waals surface area (Å²) in [7, 11) is 0.